The van der Waals surface area contributed by atoms with Gasteiger partial charge in [0.05, 0.1) is 0 Å². The number of aromatic nitrogens is 4. The Morgan fingerprint density at radius 2 is 1.85 bits per heavy atom. The van der Waals surface area contributed by atoms with Crippen molar-refractivity contribution in [1.82, 2.24) is 20.2 Å². The van der Waals surface area contributed by atoms with Crippen molar-refractivity contribution < 1.29 is 4.79 Å². The molecule has 1 aromatic carbocycles. The van der Waals surface area contributed by atoms with Gasteiger partial charge in [0.2, 0.25) is 5.91 Å². The van der Waals surface area contributed by atoms with Crippen LogP contribution in [0.3, 0.4) is 0 Å². The van der Waals surface area contributed by atoms with Crippen LogP contribution in [0.4, 0.5) is 23.1 Å². The van der Waals surface area contributed by atoms with Crippen molar-refractivity contribution in [3.05, 3.63) is 42.1 Å². The summed E-state index contributed by atoms with van der Waals surface area (Å²) < 4.78 is 0. The first kappa shape index (κ1) is 21.5. The van der Waals surface area contributed by atoms with Gasteiger partial charge in [0, 0.05) is 52.8 Å². The average Bonchev–Trinajstić information content (AvgIpc) is 3.40. The Labute approximate surface area is 203 Å². The number of carbonyl (C=O) groups is 1. The van der Waals surface area contributed by atoms with Crippen LogP contribution >= 0.6 is 11.8 Å². The number of rotatable bonds is 7. The molecule has 1 spiro atoms. The third kappa shape index (κ3) is 4.61. The van der Waals surface area contributed by atoms with Crippen molar-refractivity contribution in [1.29, 1.82) is 0 Å². The number of H-pyrrole nitrogens is 1. The molecule has 0 radical (unpaired) electrons. The van der Waals surface area contributed by atoms with Gasteiger partial charge in [0.1, 0.15) is 11.6 Å². The van der Waals surface area contributed by atoms with Crippen LogP contribution in [0.5, 0.6) is 0 Å². The highest BCUT2D eigenvalue weighted by atomic mass is 32.2. The zero-order valence-electron chi connectivity index (χ0n) is 19.3. The molecule has 2 aliphatic carbocycles. The normalized spacial score (nSPS) is 18.7. The number of nitrogens with zero attached hydrogens (tertiary/aromatic N) is 4. The summed E-state index contributed by atoms with van der Waals surface area (Å²) in [5, 5.41) is 14.3. The summed E-state index contributed by atoms with van der Waals surface area (Å²) in [5.74, 6) is 2.75. The Kier molecular flexibility index (Phi) is 5.44. The van der Waals surface area contributed by atoms with E-state index in [2.05, 4.69) is 25.7 Å². The van der Waals surface area contributed by atoms with E-state index in [0.717, 1.165) is 59.7 Å². The minimum atomic E-state index is 0.121. The molecule has 8 nitrogen and oxygen atoms in total. The molecule has 3 N–H and O–H groups in total. The molecule has 2 aromatic heterocycles. The Morgan fingerprint density at radius 3 is 2.53 bits per heavy atom. The number of aryl methyl sites for hydroxylation is 1. The van der Waals surface area contributed by atoms with Crippen LogP contribution in [-0.4, -0.2) is 39.2 Å². The van der Waals surface area contributed by atoms with Crippen molar-refractivity contribution in [3.63, 3.8) is 0 Å². The molecule has 1 saturated heterocycles. The Bertz CT molecular complexity index is 1190. The van der Waals surface area contributed by atoms with E-state index >= 15 is 0 Å². The monoisotopic (exact) mass is 475 g/mol. The van der Waals surface area contributed by atoms with Gasteiger partial charge < -0.3 is 15.5 Å². The zero-order chi connectivity index (χ0) is 23.1. The number of carbonyl (C=O) groups excluding carboxylic acids is 1. The highest BCUT2D eigenvalue weighted by Gasteiger charge is 2.45. The van der Waals surface area contributed by atoms with Gasteiger partial charge in [-0.15, -0.1) is 0 Å². The number of amides is 1. The maximum atomic E-state index is 12.0. The lowest BCUT2D eigenvalue weighted by molar-refractivity contribution is -0.117. The number of nitrogens with one attached hydrogen (secondary N) is 3. The number of hydrogen-bond donors (Lipinski definition) is 3. The Morgan fingerprint density at radius 1 is 1.09 bits per heavy atom. The van der Waals surface area contributed by atoms with Crippen molar-refractivity contribution in [2.24, 2.45) is 11.3 Å². The zero-order valence-corrected chi connectivity index (χ0v) is 20.1. The van der Waals surface area contributed by atoms with Crippen LogP contribution in [0.2, 0.25) is 0 Å². The van der Waals surface area contributed by atoms with E-state index in [-0.39, 0.29) is 11.8 Å². The van der Waals surface area contributed by atoms with Crippen molar-refractivity contribution in [3.8, 4) is 0 Å². The lowest BCUT2D eigenvalue weighted by Gasteiger charge is -2.49. The van der Waals surface area contributed by atoms with Crippen LogP contribution in [0.1, 0.15) is 44.2 Å². The average molecular weight is 476 g/mol. The van der Waals surface area contributed by atoms with Crippen LogP contribution in [0, 0.1) is 18.3 Å². The van der Waals surface area contributed by atoms with Crippen molar-refractivity contribution in [2.75, 3.05) is 28.6 Å². The summed E-state index contributed by atoms with van der Waals surface area (Å²) in [7, 11) is 0. The highest BCUT2D eigenvalue weighted by molar-refractivity contribution is 7.99. The molecule has 0 bridgehead atoms. The second-order valence-corrected chi connectivity index (χ2v) is 10.9. The van der Waals surface area contributed by atoms with Gasteiger partial charge in [-0.3, -0.25) is 9.89 Å². The molecule has 34 heavy (non-hydrogen) atoms. The van der Waals surface area contributed by atoms with E-state index in [4.69, 9.17) is 9.97 Å². The second kappa shape index (κ2) is 8.61. The molecular formula is C25H29N7OS. The molecule has 0 atom stereocenters. The van der Waals surface area contributed by atoms with Gasteiger partial charge >= 0.3 is 0 Å². The first-order valence-corrected chi connectivity index (χ1v) is 12.9. The maximum absolute atomic E-state index is 12.0. The lowest BCUT2D eigenvalue weighted by atomic mass is 9.78. The van der Waals surface area contributed by atoms with Crippen LogP contribution in [-0.2, 0) is 4.79 Å². The van der Waals surface area contributed by atoms with Gasteiger partial charge in [-0.2, -0.15) is 5.10 Å². The molecule has 6 rings (SSSR count). The molecule has 3 aliphatic rings. The van der Waals surface area contributed by atoms with Gasteiger partial charge in [-0.1, -0.05) is 12.8 Å². The van der Waals surface area contributed by atoms with Crippen LogP contribution < -0.4 is 15.5 Å². The van der Waals surface area contributed by atoms with Gasteiger partial charge in [0.25, 0.3) is 0 Å². The summed E-state index contributed by atoms with van der Waals surface area (Å²) in [4.78, 5) is 25.1. The molecule has 1 aliphatic heterocycles. The minimum absolute atomic E-state index is 0.121. The minimum Gasteiger partial charge on any atom is -0.355 e. The van der Waals surface area contributed by atoms with E-state index < -0.39 is 0 Å². The van der Waals surface area contributed by atoms with E-state index in [9.17, 15) is 4.79 Å². The molecule has 176 valence electrons. The van der Waals surface area contributed by atoms with Gasteiger partial charge in [0.15, 0.2) is 11.0 Å². The fourth-order valence-electron chi connectivity index (χ4n) is 4.97. The molecule has 3 fully saturated rings. The summed E-state index contributed by atoms with van der Waals surface area (Å²) in [6.45, 7) is 4.12. The molecule has 2 saturated carbocycles. The molecule has 3 heterocycles. The number of hydrogen-bond acceptors (Lipinski definition) is 7. The van der Waals surface area contributed by atoms with E-state index in [1.165, 1.54) is 37.4 Å². The van der Waals surface area contributed by atoms with Crippen LogP contribution in [0.15, 0.2) is 46.5 Å². The summed E-state index contributed by atoms with van der Waals surface area (Å²) in [6, 6.07) is 11.9. The SMILES string of the molecule is Cc1cc(Nc2cc(N3CC4(CCCC4)C3)nc(Sc3ccc(NC(=O)C4CC4)cc3)n2)n[nH]1. The Hall–Kier alpha value is -3.07. The third-order valence-electron chi connectivity index (χ3n) is 6.97. The molecule has 0 unspecified atom stereocenters. The van der Waals surface area contributed by atoms with Gasteiger partial charge in [-0.25, -0.2) is 9.97 Å². The molecule has 9 heteroatoms. The van der Waals surface area contributed by atoms with Crippen molar-refractivity contribution in [2.45, 2.75) is 55.5 Å². The van der Waals surface area contributed by atoms with Crippen molar-refractivity contribution >= 4 is 40.8 Å². The van der Waals surface area contributed by atoms with Gasteiger partial charge in [-0.05, 0) is 68.6 Å². The predicted octanol–water partition coefficient (Wildman–Crippen LogP) is 5.13. The van der Waals surface area contributed by atoms with Crippen LogP contribution in [0.25, 0.3) is 0 Å². The summed E-state index contributed by atoms with van der Waals surface area (Å²) in [5.41, 5.74) is 2.31. The fourth-order valence-corrected chi connectivity index (χ4v) is 5.73. The number of benzene rings is 1. The molecule has 3 aromatic rings. The first-order chi connectivity index (χ1) is 16.5. The van der Waals surface area contributed by atoms with E-state index in [1.807, 2.05) is 43.3 Å². The number of anilines is 4. The molecule has 1 amide bonds. The summed E-state index contributed by atoms with van der Waals surface area (Å²) >= 11 is 1.52. The molecular weight excluding hydrogens is 446 g/mol. The number of aromatic amines is 1. The summed E-state index contributed by atoms with van der Waals surface area (Å²) in [6.07, 6.45) is 7.36. The lowest BCUT2D eigenvalue weighted by Crippen LogP contribution is -2.55. The maximum Gasteiger partial charge on any atom is 0.227 e. The predicted molar refractivity (Wildman–Crippen MR) is 134 cm³/mol. The smallest absolute Gasteiger partial charge is 0.227 e. The van der Waals surface area contributed by atoms with E-state index in [0.29, 0.717) is 10.6 Å². The first-order valence-electron chi connectivity index (χ1n) is 12.1. The standard InChI is InChI=1S/C25H29N7OS/c1-16-12-21(31-30-16)27-20-13-22(32-14-25(15-32)10-2-3-11-25)29-24(28-20)34-19-8-6-18(7-9-19)26-23(33)17-4-5-17/h6-9,12-13,17H,2-5,10-11,14-15H2,1H3,(H,26,33)(H2,27,28,29,30,31). The highest BCUT2D eigenvalue weighted by Crippen LogP contribution is 2.47. The largest absolute Gasteiger partial charge is 0.355 e. The Balaban J connectivity index is 1.20. The topological polar surface area (TPSA) is 98.8 Å². The second-order valence-electron chi connectivity index (χ2n) is 9.91. The third-order valence-corrected chi connectivity index (χ3v) is 7.85. The van der Waals surface area contributed by atoms with E-state index in [1.54, 1.807) is 0 Å². The quantitative estimate of drug-likeness (QED) is 0.407. The fraction of sp³-hybridized carbons (Fsp3) is 0.440.